The van der Waals surface area contributed by atoms with Crippen molar-refractivity contribution in [2.75, 3.05) is 11.9 Å². The molecule has 2 aromatic carbocycles. The monoisotopic (exact) mass is 462 g/mol. The predicted molar refractivity (Wildman–Crippen MR) is 112 cm³/mol. The molecule has 0 aliphatic carbocycles. The van der Waals surface area contributed by atoms with Crippen molar-refractivity contribution in [3.63, 3.8) is 0 Å². The first-order valence-corrected chi connectivity index (χ1v) is 11.1. The SMILES string of the molecule is Cc1nc(N(C)C(=O)Cc2ccc(-c3cc(F)ccc3F)cc2)sc1S(=O)(=O)NC#N. The molecule has 1 heterocycles. The molecule has 3 aromatic rings. The van der Waals surface area contributed by atoms with Crippen LogP contribution in [0.15, 0.2) is 46.7 Å². The van der Waals surface area contributed by atoms with Crippen molar-refractivity contribution in [3.8, 4) is 17.3 Å². The number of sulfonamides is 1. The second kappa shape index (κ2) is 8.79. The number of benzene rings is 2. The Morgan fingerprint density at radius 1 is 1.23 bits per heavy atom. The molecule has 0 atom stereocenters. The van der Waals surface area contributed by atoms with Crippen LogP contribution < -0.4 is 9.62 Å². The summed E-state index contributed by atoms with van der Waals surface area (Å²) in [4.78, 5) is 18.0. The molecule has 3 rings (SSSR count). The number of thiazole rings is 1. The number of aromatic nitrogens is 1. The molecule has 1 aromatic heterocycles. The number of hydrogen-bond acceptors (Lipinski definition) is 6. The molecule has 7 nitrogen and oxygen atoms in total. The number of nitrogens with zero attached hydrogens (tertiary/aromatic N) is 3. The lowest BCUT2D eigenvalue weighted by atomic mass is 10.0. The third kappa shape index (κ3) is 4.87. The average Bonchev–Trinajstić information content (AvgIpc) is 3.12. The maximum atomic E-state index is 13.9. The maximum absolute atomic E-state index is 13.9. The van der Waals surface area contributed by atoms with Gasteiger partial charge in [0.15, 0.2) is 15.5 Å². The minimum atomic E-state index is -4.03. The van der Waals surface area contributed by atoms with Crippen molar-refractivity contribution in [3.05, 3.63) is 65.4 Å². The Balaban J connectivity index is 1.76. The van der Waals surface area contributed by atoms with E-state index in [2.05, 4.69) is 4.98 Å². The van der Waals surface area contributed by atoms with Crippen molar-refractivity contribution in [2.24, 2.45) is 0 Å². The van der Waals surface area contributed by atoms with E-state index in [0.717, 1.165) is 29.5 Å². The zero-order valence-corrected chi connectivity index (χ0v) is 18.0. The summed E-state index contributed by atoms with van der Waals surface area (Å²) < 4.78 is 53.0. The molecule has 0 saturated heterocycles. The number of nitriles is 1. The van der Waals surface area contributed by atoms with Gasteiger partial charge in [-0.15, -0.1) is 0 Å². The van der Waals surface area contributed by atoms with Crippen LogP contribution in [0, 0.1) is 30.0 Å². The summed E-state index contributed by atoms with van der Waals surface area (Å²) in [6.45, 7) is 1.47. The van der Waals surface area contributed by atoms with Crippen LogP contribution in [0.3, 0.4) is 0 Å². The van der Waals surface area contributed by atoms with Crippen molar-refractivity contribution in [1.82, 2.24) is 9.71 Å². The van der Waals surface area contributed by atoms with Gasteiger partial charge in [-0.05, 0) is 36.2 Å². The summed E-state index contributed by atoms with van der Waals surface area (Å²) in [5.74, 6) is -1.46. The summed E-state index contributed by atoms with van der Waals surface area (Å²) >= 11 is 0.771. The van der Waals surface area contributed by atoms with E-state index in [-0.39, 0.29) is 32.9 Å². The quantitative estimate of drug-likeness (QED) is 0.447. The number of carbonyl (C=O) groups is 1. The van der Waals surface area contributed by atoms with Crippen molar-refractivity contribution in [2.45, 2.75) is 17.6 Å². The Labute approximate surface area is 181 Å². The van der Waals surface area contributed by atoms with Gasteiger partial charge in [-0.2, -0.15) is 13.7 Å². The van der Waals surface area contributed by atoms with Crippen LogP contribution in [0.2, 0.25) is 0 Å². The number of anilines is 1. The van der Waals surface area contributed by atoms with Gasteiger partial charge in [0.2, 0.25) is 5.91 Å². The third-order valence-corrected chi connectivity index (χ3v) is 7.46. The maximum Gasteiger partial charge on any atom is 0.281 e. The Hall–Kier alpha value is -3.36. The van der Waals surface area contributed by atoms with Gasteiger partial charge in [-0.25, -0.2) is 18.5 Å². The van der Waals surface area contributed by atoms with E-state index < -0.39 is 21.7 Å². The largest absolute Gasteiger partial charge is 0.291 e. The normalized spacial score (nSPS) is 11.1. The first-order valence-electron chi connectivity index (χ1n) is 8.81. The first kappa shape index (κ1) is 22.3. The van der Waals surface area contributed by atoms with Crippen LogP contribution in [0.25, 0.3) is 11.1 Å². The van der Waals surface area contributed by atoms with E-state index in [0.29, 0.717) is 11.1 Å². The number of nitrogens with one attached hydrogen (secondary N) is 1. The first-order chi connectivity index (χ1) is 14.6. The summed E-state index contributed by atoms with van der Waals surface area (Å²) in [5.41, 5.74) is 1.39. The highest BCUT2D eigenvalue weighted by molar-refractivity contribution is 7.91. The fourth-order valence-electron chi connectivity index (χ4n) is 2.79. The highest BCUT2D eigenvalue weighted by atomic mass is 32.2. The van der Waals surface area contributed by atoms with Crippen LogP contribution in [-0.2, 0) is 21.2 Å². The Morgan fingerprint density at radius 3 is 2.55 bits per heavy atom. The van der Waals surface area contributed by atoms with Crippen LogP contribution in [0.4, 0.5) is 13.9 Å². The second-order valence-electron chi connectivity index (χ2n) is 6.54. The molecule has 0 unspecified atom stereocenters. The van der Waals surface area contributed by atoms with Crippen molar-refractivity contribution < 1.29 is 22.0 Å². The minimum Gasteiger partial charge on any atom is -0.291 e. The molecular weight excluding hydrogens is 446 g/mol. The summed E-state index contributed by atoms with van der Waals surface area (Å²) in [7, 11) is -2.56. The molecule has 1 amide bonds. The molecule has 0 saturated carbocycles. The van der Waals surface area contributed by atoms with E-state index in [1.165, 1.54) is 25.1 Å². The number of carbonyl (C=O) groups excluding carboxylic acids is 1. The predicted octanol–water partition coefficient (Wildman–Crippen LogP) is 3.36. The smallest absolute Gasteiger partial charge is 0.281 e. The van der Waals surface area contributed by atoms with Gasteiger partial charge in [-0.3, -0.25) is 9.69 Å². The zero-order valence-electron chi connectivity index (χ0n) is 16.4. The number of aryl methyl sites for hydroxylation is 1. The molecule has 0 aliphatic heterocycles. The van der Waals surface area contributed by atoms with Crippen molar-refractivity contribution >= 4 is 32.4 Å². The van der Waals surface area contributed by atoms with Gasteiger partial charge in [-0.1, -0.05) is 35.6 Å². The van der Waals surface area contributed by atoms with Crippen LogP contribution >= 0.6 is 11.3 Å². The van der Waals surface area contributed by atoms with Crippen LogP contribution in [0.5, 0.6) is 0 Å². The zero-order chi connectivity index (χ0) is 22.8. The third-order valence-electron chi connectivity index (χ3n) is 4.38. The van der Waals surface area contributed by atoms with Gasteiger partial charge >= 0.3 is 0 Å². The Bertz CT molecular complexity index is 1280. The molecule has 11 heteroatoms. The lowest BCUT2D eigenvalue weighted by Gasteiger charge is -2.14. The van der Waals surface area contributed by atoms with E-state index >= 15 is 0 Å². The highest BCUT2D eigenvalue weighted by Gasteiger charge is 2.24. The van der Waals surface area contributed by atoms with Gasteiger partial charge in [0.1, 0.15) is 11.6 Å². The molecule has 0 radical (unpaired) electrons. The van der Waals surface area contributed by atoms with Crippen LogP contribution in [-0.4, -0.2) is 26.4 Å². The standard InChI is InChI=1S/C20H16F2N4O3S2/c1-12-19(31(28,29)24-11-23)30-20(25-12)26(2)18(27)9-13-3-5-14(6-4-13)16-10-15(21)7-8-17(16)22/h3-8,10,24H,9H2,1-2H3. The molecule has 0 spiro atoms. The topological polar surface area (TPSA) is 103 Å². The number of likely N-dealkylation sites (N-methyl/N-ethyl adjacent to an activating group) is 1. The molecule has 1 N–H and O–H groups in total. The molecule has 0 fully saturated rings. The molecule has 0 aliphatic rings. The Kier molecular flexibility index (Phi) is 6.33. The number of hydrogen-bond donors (Lipinski definition) is 1. The highest BCUT2D eigenvalue weighted by Crippen LogP contribution is 2.30. The van der Waals surface area contributed by atoms with Gasteiger partial charge in [0.05, 0.1) is 12.1 Å². The molecular formula is C20H16F2N4O3S2. The molecule has 31 heavy (non-hydrogen) atoms. The lowest BCUT2D eigenvalue weighted by Crippen LogP contribution is -2.27. The minimum absolute atomic E-state index is 0.0143. The fraction of sp³-hybridized carbons (Fsp3) is 0.150. The second-order valence-corrected chi connectivity index (χ2v) is 9.39. The summed E-state index contributed by atoms with van der Waals surface area (Å²) in [6, 6.07) is 9.62. The van der Waals surface area contributed by atoms with Gasteiger partial charge in [0.25, 0.3) is 10.0 Å². The summed E-state index contributed by atoms with van der Waals surface area (Å²) in [5, 5.41) is 8.75. The van der Waals surface area contributed by atoms with Crippen LogP contribution in [0.1, 0.15) is 11.3 Å². The van der Waals surface area contributed by atoms with E-state index in [4.69, 9.17) is 5.26 Å². The van der Waals surface area contributed by atoms with Gasteiger partial charge in [0, 0.05) is 12.6 Å². The lowest BCUT2D eigenvalue weighted by molar-refractivity contribution is -0.117. The molecule has 0 bridgehead atoms. The molecule has 160 valence electrons. The number of amides is 1. The van der Waals surface area contributed by atoms with Crippen molar-refractivity contribution in [1.29, 1.82) is 5.26 Å². The van der Waals surface area contributed by atoms with E-state index in [1.54, 1.807) is 29.0 Å². The fourth-order valence-corrected chi connectivity index (χ4v) is 5.00. The van der Waals surface area contributed by atoms with E-state index in [1.807, 2.05) is 0 Å². The summed E-state index contributed by atoms with van der Waals surface area (Å²) in [6.07, 6.45) is 1.35. The number of halogens is 2. The Morgan fingerprint density at radius 2 is 1.90 bits per heavy atom. The number of rotatable bonds is 6. The van der Waals surface area contributed by atoms with E-state index in [9.17, 15) is 22.0 Å². The van der Waals surface area contributed by atoms with Gasteiger partial charge < -0.3 is 0 Å². The average molecular weight is 463 g/mol.